The highest BCUT2D eigenvalue weighted by Crippen LogP contribution is 2.68. The molecule has 1 aliphatic rings. The van der Waals surface area contributed by atoms with Gasteiger partial charge >= 0.3 is 115 Å². The molecule has 0 aromatic heterocycles. The normalized spacial score (nSPS) is 19.0. The Morgan fingerprint density at radius 3 is 0.708 bits per heavy atom. The van der Waals surface area contributed by atoms with E-state index in [-0.39, 0.29) is 0 Å². The van der Waals surface area contributed by atoms with Crippen molar-refractivity contribution in [2.24, 2.45) is 5.41 Å². The molecule has 1 rings (SSSR count). The maximum absolute atomic E-state index is 14.4. The molecular weight excluding hydrogens is 1210 g/mol. The highest BCUT2D eigenvalue weighted by molar-refractivity contribution is 8.00. The Hall–Kier alpha value is -1.85. The Bertz CT molecular complexity index is 1810. The van der Waals surface area contributed by atoms with E-state index in [2.05, 4.69) is 9.05 Å². The molecule has 0 atom stereocenters. The highest BCUT2D eigenvalue weighted by Gasteiger charge is 2.98. The van der Waals surface area contributed by atoms with Crippen LogP contribution < -0.4 is 0 Å². The van der Waals surface area contributed by atoms with Crippen molar-refractivity contribution in [3.05, 3.63) is 0 Å². The third-order valence-corrected chi connectivity index (χ3v) is 12.9. The van der Waals surface area contributed by atoms with Gasteiger partial charge in [-0.1, -0.05) is 0 Å². The fourth-order valence-corrected chi connectivity index (χ4v) is 8.37. The van der Waals surface area contributed by atoms with Crippen LogP contribution in [0.5, 0.6) is 0 Å². The lowest BCUT2D eigenvalue weighted by molar-refractivity contribution is -0.468. The van der Waals surface area contributed by atoms with Gasteiger partial charge in [0.15, 0.2) is 0 Å². The molecule has 432 valence electrons. The van der Waals surface area contributed by atoms with Gasteiger partial charge in [0.05, 0.1) is 13.2 Å². The molecular formula is C27H17F38O4PS2. The monoisotopic (exact) mass is 1220 g/mol. The molecule has 0 saturated carbocycles. The molecule has 4 nitrogen and oxygen atoms in total. The van der Waals surface area contributed by atoms with Gasteiger partial charge in [-0.3, -0.25) is 9.05 Å². The average Bonchev–Trinajstić information content (AvgIpc) is 3.17. The lowest BCUT2D eigenvalue weighted by atomic mass is 9.87. The van der Waals surface area contributed by atoms with Crippen LogP contribution in [0.3, 0.4) is 0 Å². The third-order valence-electron chi connectivity index (χ3n) is 9.37. The predicted molar refractivity (Wildman–Crippen MR) is 159 cm³/mol. The lowest BCUT2D eigenvalue weighted by Gasteiger charge is -2.44. The summed E-state index contributed by atoms with van der Waals surface area (Å²) in [7, 11) is -5.30. The number of rotatable bonds is 24. The summed E-state index contributed by atoms with van der Waals surface area (Å²) in [5.74, 6) is -146. The quantitative estimate of drug-likeness (QED) is 0.0590. The first-order chi connectivity index (χ1) is 30.8. The van der Waals surface area contributed by atoms with Crippen LogP contribution in [0.15, 0.2) is 0 Å². The molecule has 1 N–H and O–H groups in total. The predicted octanol–water partition coefficient (Wildman–Crippen LogP) is 14.7. The summed E-state index contributed by atoms with van der Waals surface area (Å²) >= 11 is -1.15. The largest absolute Gasteiger partial charge is 0.472 e. The van der Waals surface area contributed by atoms with Crippen LogP contribution in [-0.2, 0) is 13.6 Å². The van der Waals surface area contributed by atoms with Crippen LogP contribution in [-0.4, -0.2) is 148 Å². The van der Waals surface area contributed by atoms with Crippen molar-refractivity contribution >= 4 is 31.3 Å². The van der Waals surface area contributed by atoms with Crippen LogP contribution in [0.4, 0.5) is 167 Å². The second-order valence-corrected chi connectivity index (χ2v) is 18.2. The van der Waals surface area contributed by atoms with Crippen molar-refractivity contribution in [1.82, 2.24) is 0 Å². The molecule has 0 amide bonds. The van der Waals surface area contributed by atoms with Gasteiger partial charge in [-0.05, 0) is 11.5 Å². The summed E-state index contributed by atoms with van der Waals surface area (Å²) in [6.45, 7) is -3.09. The summed E-state index contributed by atoms with van der Waals surface area (Å²) in [5, 5.41) is 0. The molecule has 72 heavy (non-hydrogen) atoms. The van der Waals surface area contributed by atoms with E-state index in [0.717, 1.165) is 0 Å². The van der Waals surface area contributed by atoms with E-state index in [1.54, 1.807) is 0 Å². The van der Waals surface area contributed by atoms with Crippen LogP contribution in [0.2, 0.25) is 0 Å². The third kappa shape index (κ3) is 10.1. The topological polar surface area (TPSA) is 55.8 Å². The molecule has 0 bridgehead atoms. The van der Waals surface area contributed by atoms with Crippen molar-refractivity contribution in [1.29, 1.82) is 0 Å². The minimum absolute atomic E-state index is 0.573. The lowest BCUT2D eigenvalue weighted by Crippen LogP contribution is -2.75. The molecule has 1 saturated heterocycles. The number of alkyl halides is 38. The molecule has 0 spiro atoms. The number of hydrogen-bond donors (Lipinski definition) is 1. The van der Waals surface area contributed by atoms with E-state index >= 15 is 0 Å². The molecule has 0 unspecified atom stereocenters. The summed E-state index contributed by atoms with van der Waals surface area (Å²) in [6, 6.07) is 0. The molecule has 45 heteroatoms. The second-order valence-electron chi connectivity index (χ2n) is 14.6. The highest BCUT2D eigenvalue weighted by atomic mass is 32.2. The molecule has 1 heterocycles. The smallest absolute Gasteiger partial charge is 0.302 e. The fourth-order valence-electron chi connectivity index (χ4n) is 4.80. The summed E-state index contributed by atoms with van der Waals surface area (Å²) in [5.41, 5.74) is -2.54. The summed E-state index contributed by atoms with van der Waals surface area (Å²) in [6.07, 6.45) is -22.8. The molecule has 0 aliphatic carbocycles. The van der Waals surface area contributed by atoms with Gasteiger partial charge in [-0.15, -0.1) is 0 Å². The van der Waals surface area contributed by atoms with E-state index in [1.165, 1.54) is 0 Å². The first-order valence-corrected chi connectivity index (χ1v) is 20.6. The fraction of sp³-hybridized carbons (Fsp3) is 1.00. The zero-order chi connectivity index (χ0) is 58.5. The molecule has 0 aromatic rings. The Morgan fingerprint density at radius 2 is 0.514 bits per heavy atom. The van der Waals surface area contributed by atoms with Crippen molar-refractivity contribution in [2.75, 3.05) is 36.2 Å². The molecule has 1 fully saturated rings. The standard InChI is InChI=1S/C27H17F38O4PS2/c28-10(29,12(32,33)14(36,37)16(40,41)18(44,45)20(48,49)22(52,53)24(56,57)26(60,61)62)1-3-71-7-9(5-68-70(66,67)69-6-9)8-72-4-2-11(30,31)13(34,35)15(38,39)17(42,43)19(46,47)21(50,51)23(54,55)25(58,59)27(63,64)65/h1-8H2,(H,66,67). The number of phosphoric ester groups is 1. The van der Waals surface area contributed by atoms with Gasteiger partial charge in [0, 0.05) is 29.8 Å². The first-order valence-electron chi connectivity index (χ1n) is 16.8. The maximum atomic E-state index is 14.4. The van der Waals surface area contributed by atoms with Gasteiger partial charge in [0.2, 0.25) is 0 Å². The Kier molecular flexibility index (Phi) is 17.9. The average molecular weight is 1220 g/mol. The van der Waals surface area contributed by atoms with Gasteiger partial charge in [-0.2, -0.15) is 190 Å². The minimum Gasteiger partial charge on any atom is -0.302 e. The zero-order valence-electron chi connectivity index (χ0n) is 32.5. The van der Waals surface area contributed by atoms with E-state index in [0.29, 0.717) is 0 Å². The summed E-state index contributed by atoms with van der Waals surface area (Å²) < 4.78 is 536. The number of thioether (sulfide) groups is 2. The van der Waals surface area contributed by atoms with Crippen molar-refractivity contribution in [3.63, 3.8) is 0 Å². The Labute approximate surface area is 378 Å². The molecule has 0 aromatic carbocycles. The minimum atomic E-state index is -9.28. The van der Waals surface area contributed by atoms with Crippen LogP contribution in [0, 0.1) is 5.41 Å². The van der Waals surface area contributed by atoms with Gasteiger partial charge in [0.1, 0.15) is 0 Å². The Balaban J connectivity index is 3.41. The second kappa shape index (κ2) is 19.0. The van der Waals surface area contributed by atoms with E-state index in [9.17, 15) is 176 Å². The van der Waals surface area contributed by atoms with Crippen LogP contribution >= 0.6 is 31.3 Å². The number of hydrogen-bond acceptors (Lipinski definition) is 5. The maximum Gasteiger partial charge on any atom is 0.472 e. The first kappa shape index (κ1) is 68.2. The SMILES string of the molecule is O=P1(O)OCC(CSCCC(F)(F)C(F)(F)C(F)(F)C(F)(F)C(F)(F)C(F)(F)C(F)(F)C(F)(F)C(F)(F)F)(CSCCC(F)(F)C(F)(F)C(F)(F)C(F)(F)C(F)(F)C(F)(F)C(F)(F)C(F)(F)C(F)(F)F)CO1. The molecule has 0 radical (unpaired) electrons. The number of halogens is 38. The van der Waals surface area contributed by atoms with Crippen LogP contribution in [0.1, 0.15) is 12.8 Å². The van der Waals surface area contributed by atoms with E-state index in [1.807, 2.05) is 0 Å². The van der Waals surface area contributed by atoms with Gasteiger partial charge < -0.3 is 4.89 Å². The van der Waals surface area contributed by atoms with Crippen LogP contribution in [0.25, 0.3) is 0 Å². The molecule has 1 aliphatic heterocycles. The van der Waals surface area contributed by atoms with Crippen molar-refractivity contribution < 1.29 is 185 Å². The summed E-state index contributed by atoms with van der Waals surface area (Å²) in [4.78, 5) is 9.29. The Morgan fingerprint density at radius 1 is 0.333 bits per heavy atom. The number of phosphoric acid groups is 1. The van der Waals surface area contributed by atoms with E-state index in [4.69, 9.17) is 0 Å². The van der Waals surface area contributed by atoms with E-state index < -0.39 is 193 Å². The van der Waals surface area contributed by atoms with Gasteiger partial charge in [0.25, 0.3) is 0 Å². The zero-order valence-corrected chi connectivity index (χ0v) is 35.0. The van der Waals surface area contributed by atoms with Crippen molar-refractivity contribution in [3.8, 4) is 0 Å². The van der Waals surface area contributed by atoms with Crippen molar-refractivity contribution in [2.45, 2.75) is 120 Å². The van der Waals surface area contributed by atoms with Gasteiger partial charge in [-0.25, -0.2) is 4.57 Å².